The maximum Gasteiger partial charge on any atom is 0.232 e. The zero-order valence-electron chi connectivity index (χ0n) is 15.1. The maximum atomic E-state index is 13.2. The Labute approximate surface area is 167 Å². The molecule has 2 aliphatic rings. The van der Waals surface area contributed by atoms with E-state index in [9.17, 15) is 9.59 Å². The van der Waals surface area contributed by atoms with E-state index in [1.807, 2.05) is 48.5 Å². The molecule has 1 aliphatic heterocycles. The second-order valence-electron chi connectivity index (χ2n) is 6.82. The molecule has 5 heteroatoms. The molecule has 1 aliphatic carbocycles. The number of allylic oxidation sites excluding steroid dienone is 2. The number of Topliss-reactive ketones (excluding diaryl/α,β-unsaturated/α-hetero) is 1. The molecule has 4 nitrogen and oxygen atoms in total. The highest BCUT2D eigenvalue weighted by Gasteiger charge is 2.40. The third-order valence-electron chi connectivity index (χ3n) is 5.28. The molecule has 1 amide bonds. The highest BCUT2D eigenvalue weighted by Crippen LogP contribution is 2.46. The number of methoxy groups -OCH3 is 1. The minimum absolute atomic E-state index is 0.00579. The van der Waals surface area contributed by atoms with Crippen molar-refractivity contribution >= 4 is 33.3 Å². The van der Waals surface area contributed by atoms with E-state index in [4.69, 9.17) is 4.74 Å². The van der Waals surface area contributed by atoms with Crippen LogP contribution in [0.3, 0.4) is 0 Å². The minimum atomic E-state index is -0.254. The first-order chi connectivity index (χ1) is 13.1. The van der Waals surface area contributed by atoms with Gasteiger partial charge in [-0.05, 0) is 47.0 Å². The Hall–Kier alpha value is -2.40. The molecule has 0 N–H and O–H groups in total. The van der Waals surface area contributed by atoms with Crippen molar-refractivity contribution in [2.75, 3.05) is 12.0 Å². The van der Waals surface area contributed by atoms with Crippen LogP contribution in [0.15, 0.2) is 64.3 Å². The lowest BCUT2D eigenvalue weighted by atomic mass is 9.77. The van der Waals surface area contributed by atoms with Gasteiger partial charge in [-0.15, -0.1) is 0 Å². The van der Waals surface area contributed by atoms with Crippen LogP contribution in [0.2, 0.25) is 0 Å². The Morgan fingerprint density at radius 3 is 2.56 bits per heavy atom. The molecule has 1 unspecified atom stereocenters. The fourth-order valence-corrected chi connectivity index (χ4v) is 4.59. The molecular formula is C22H20BrNO3. The first-order valence-corrected chi connectivity index (χ1v) is 9.87. The molecule has 2 aromatic carbocycles. The quantitative estimate of drug-likeness (QED) is 0.695. The number of hydrogen-bond acceptors (Lipinski definition) is 3. The lowest BCUT2D eigenvalue weighted by Gasteiger charge is -2.39. The number of benzene rings is 2. The predicted octanol–water partition coefficient (Wildman–Crippen LogP) is 4.99. The number of carbonyl (C=O) groups is 2. The lowest BCUT2D eigenvalue weighted by molar-refractivity contribution is -0.119. The highest BCUT2D eigenvalue weighted by molar-refractivity contribution is 9.10. The average Bonchev–Trinajstić information content (AvgIpc) is 2.68. The second kappa shape index (κ2) is 7.31. The summed E-state index contributed by atoms with van der Waals surface area (Å²) in [5.41, 5.74) is 3.30. The highest BCUT2D eigenvalue weighted by atomic mass is 79.9. The van der Waals surface area contributed by atoms with E-state index in [0.717, 1.165) is 45.6 Å². The van der Waals surface area contributed by atoms with Crippen molar-refractivity contribution in [3.63, 3.8) is 0 Å². The largest absolute Gasteiger partial charge is 0.496 e. The molecule has 1 heterocycles. The molecule has 27 heavy (non-hydrogen) atoms. The fraction of sp³-hybridized carbons (Fsp3) is 0.273. The van der Waals surface area contributed by atoms with E-state index >= 15 is 0 Å². The molecule has 0 saturated carbocycles. The van der Waals surface area contributed by atoms with Crippen LogP contribution in [-0.4, -0.2) is 18.8 Å². The van der Waals surface area contributed by atoms with Crippen LogP contribution in [0.25, 0.3) is 0 Å². The van der Waals surface area contributed by atoms with Gasteiger partial charge in [0.1, 0.15) is 5.75 Å². The number of nitrogens with zero attached hydrogens (tertiary/aromatic N) is 1. The predicted molar refractivity (Wildman–Crippen MR) is 108 cm³/mol. The van der Waals surface area contributed by atoms with E-state index < -0.39 is 0 Å². The Morgan fingerprint density at radius 1 is 1.04 bits per heavy atom. The van der Waals surface area contributed by atoms with Gasteiger partial charge in [-0.25, -0.2) is 0 Å². The van der Waals surface area contributed by atoms with Crippen LogP contribution in [0, 0.1) is 0 Å². The first-order valence-electron chi connectivity index (χ1n) is 9.08. The van der Waals surface area contributed by atoms with Crippen LogP contribution < -0.4 is 9.64 Å². The van der Waals surface area contributed by atoms with Gasteiger partial charge in [-0.1, -0.05) is 30.3 Å². The van der Waals surface area contributed by atoms with E-state index in [0.29, 0.717) is 6.42 Å². The average molecular weight is 426 g/mol. The number of carbonyl (C=O) groups excluding carboxylic acids is 2. The van der Waals surface area contributed by atoms with E-state index in [1.54, 1.807) is 12.0 Å². The zero-order chi connectivity index (χ0) is 19.0. The van der Waals surface area contributed by atoms with Crippen LogP contribution in [0.4, 0.5) is 5.69 Å². The third-order valence-corrected chi connectivity index (χ3v) is 5.95. The summed E-state index contributed by atoms with van der Waals surface area (Å²) >= 11 is 3.55. The van der Waals surface area contributed by atoms with Gasteiger partial charge in [-0.2, -0.15) is 0 Å². The van der Waals surface area contributed by atoms with Crippen LogP contribution in [0.1, 0.15) is 37.2 Å². The van der Waals surface area contributed by atoms with E-state index in [2.05, 4.69) is 15.9 Å². The van der Waals surface area contributed by atoms with Gasteiger partial charge in [-0.3, -0.25) is 14.5 Å². The van der Waals surface area contributed by atoms with Gasteiger partial charge in [0.15, 0.2) is 5.78 Å². The molecular weight excluding hydrogens is 406 g/mol. The summed E-state index contributed by atoms with van der Waals surface area (Å²) < 4.78 is 6.36. The third kappa shape index (κ3) is 3.10. The number of amides is 1. The number of hydrogen-bond donors (Lipinski definition) is 0. The van der Waals surface area contributed by atoms with Crippen LogP contribution in [0.5, 0.6) is 5.75 Å². The Balaban J connectivity index is 1.90. The van der Waals surface area contributed by atoms with Crippen molar-refractivity contribution in [1.82, 2.24) is 0 Å². The molecule has 4 rings (SSSR count). The first kappa shape index (κ1) is 18.0. The summed E-state index contributed by atoms with van der Waals surface area (Å²) in [7, 11) is 1.62. The molecule has 0 fully saturated rings. The number of anilines is 1. The van der Waals surface area contributed by atoms with Crippen molar-refractivity contribution in [2.24, 2.45) is 0 Å². The summed E-state index contributed by atoms with van der Waals surface area (Å²) in [6.07, 6.45) is 2.28. The molecule has 0 radical (unpaired) electrons. The molecule has 0 spiro atoms. The molecule has 138 valence electrons. The SMILES string of the molecule is COc1ccccc1C1CC(=O)N(c2ccccc2Br)C2=C1C(=O)CCC2. The topological polar surface area (TPSA) is 46.6 Å². The zero-order valence-corrected chi connectivity index (χ0v) is 16.7. The van der Waals surface area contributed by atoms with Gasteiger partial charge < -0.3 is 4.74 Å². The number of ether oxygens (including phenoxy) is 1. The standard InChI is InChI=1S/C22H20BrNO3/c1-27-20-12-5-2-7-14(20)15-13-21(26)24(17-9-4-3-8-16(17)23)18-10-6-11-19(25)22(15)18/h2-5,7-9,12,15H,6,10-11,13H2,1H3. The van der Waals surface area contributed by atoms with Gasteiger partial charge in [0.2, 0.25) is 5.91 Å². The summed E-state index contributed by atoms with van der Waals surface area (Å²) in [4.78, 5) is 27.9. The smallest absolute Gasteiger partial charge is 0.232 e. The molecule has 0 saturated heterocycles. The second-order valence-corrected chi connectivity index (χ2v) is 7.67. The van der Waals surface area contributed by atoms with Crippen LogP contribution in [-0.2, 0) is 9.59 Å². The van der Waals surface area contributed by atoms with E-state index in [1.165, 1.54) is 0 Å². The Bertz CT molecular complexity index is 950. The monoisotopic (exact) mass is 425 g/mol. The number of halogens is 1. The van der Waals surface area contributed by atoms with Crippen molar-refractivity contribution in [3.8, 4) is 5.75 Å². The van der Waals surface area contributed by atoms with Gasteiger partial charge in [0.25, 0.3) is 0 Å². The lowest BCUT2D eigenvalue weighted by Crippen LogP contribution is -2.40. The van der Waals surface area contributed by atoms with Crippen molar-refractivity contribution in [1.29, 1.82) is 0 Å². The fourth-order valence-electron chi connectivity index (χ4n) is 4.13. The minimum Gasteiger partial charge on any atom is -0.496 e. The number of ketones is 1. The normalized spacial score (nSPS) is 19.9. The molecule has 0 bridgehead atoms. The van der Waals surface area contributed by atoms with Gasteiger partial charge in [0, 0.05) is 40.1 Å². The number of rotatable bonds is 3. The molecule has 0 aromatic heterocycles. The van der Waals surface area contributed by atoms with Crippen molar-refractivity contribution < 1.29 is 14.3 Å². The molecule has 2 aromatic rings. The van der Waals surface area contributed by atoms with Crippen molar-refractivity contribution in [3.05, 3.63) is 69.8 Å². The summed E-state index contributed by atoms with van der Waals surface area (Å²) in [5.74, 6) is 0.605. The summed E-state index contributed by atoms with van der Waals surface area (Å²) in [6.45, 7) is 0. The van der Waals surface area contributed by atoms with Gasteiger partial charge in [0.05, 0.1) is 12.8 Å². The van der Waals surface area contributed by atoms with Crippen LogP contribution >= 0.6 is 15.9 Å². The Kier molecular flexibility index (Phi) is 4.87. The maximum absolute atomic E-state index is 13.2. The summed E-state index contributed by atoms with van der Waals surface area (Å²) in [6, 6.07) is 15.3. The van der Waals surface area contributed by atoms with Gasteiger partial charge >= 0.3 is 0 Å². The number of para-hydroxylation sites is 2. The summed E-state index contributed by atoms with van der Waals surface area (Å²) in [5, 5.41) is 0. The molecule has 1 atom stereocenters. The van der Waals surface area contributed by atoms with E-state index in [-0.39, 0.29) is 24.0 Å². The Morgan fingerprint density at radius 2 is 1.78 bits per heavy atom. The van der Waals surface area contributed by atoms with Crippen molar-refractivity contribution in [2.45, 2.75) is 31.6 Å².